The van der Waals surface area contributed by atoms with Gasteiger partial charge in [-0.3, -0.25) is 0 Å². The molecule has 1 aliphatic carbocycles. The van der Waals surface area contributed by atoms with Crippen LogP contribution in [0.5, 0.6) is 0 Å². The highest BCUT2D eigenvalue weighted by molar-refractivity contribution is 5.31. The van der Waals surface area contributed by atoms with Crippen molar-refractivity contribution in [2.24, 2.45) is 5.92 Å². The predicted molar refractivity (Wildman–Crippen MR) is 74.3 cm³/mol. The van der Waals surface area contributed by atoms with Crippen molar-refractivity contribution in [2.75, 3.05) is 6.54 Å². The van der Waals surface area contributed by atoms with Crippen LogP contribution in [0.1, 0.15) is 55.3 Å². The lowest BCUT2D eigenvalue weighted by Crippen LogP contribution is -2.24. The molecule has 0 spiro atoms. The summed E-state index contributed by atoms with van der Waals surface area (Å²) >= 11 is 0. The third-order valence-corrected chi connectivity index (χ3v) is 4.26. The van der Waals surface area contributed by atoms with E-state index < -0.39 is 0 Å². The van der Waals surface area contributed by atoms with Gasteiger partial charge in [-0.15, -0.1) is 0 Å². The topological polar surface area (TPSA) is 12.0 Å². The Kier molecular flexibility index (Phi) is 4.22. The molecule has 1 aliphatic rings. The van der Waals surface area contributed by atoms with Crippen molar-refractivity contribution in [3.63, 3.8) is 0 Å². The standard InChI is InChI=1S/C16H25N/c1-12-7-8-16(11-13(12)2)14(3)17-10-9-15-5-4-6-15/h7-8,11,14-15,17H,4-6,9-10H2,1-3H3. The van der Waals surface area contributed by atoms with Crippen molar-refractivity contribution < 1.29 is 0 Å². The summed E-state index contributed by atoms with van der Waals surface area (Å²) in [5, 5.41) is 3.64. The zero-order chi connectivity index (χ0) is 12.3. The number of nitrogens with one attached hydrogen (secondary N) is 1. The summed E-state index contributed by atoms with van der Waals surface area (Å²) in [5.41, 5.74) is 4.20. The Labute approximate surface area is 106 Å². The van der Waals surface area contributed by atoms with Crippen molar-refractivity contribution in [2.45, 2.75) is 52.5 Å². The molecule has 1 fully saturated rings. The fraction of sp³-hybridized carbons (Fsp3) is 0.625. The van der Waals surface area contributed by atoms with E-state index in [0.717, 1.165) is 5.92 Å². The molecule has 0 heterocycles. The molecule has 1 saturated carbocycles. The first-order valence-electron chi connectivity index (χ1n) is 6.97. The number of rotatable bonds is 5. The molecule has 94 valence electrons. The lowest BCUT2D eigenvalue weighted by molar-refractivity contribution is 0.288. The van der Waals surface area contributed by atoms with Crippen molar-refractivity contribution in [3.8, 4) is 0 Å². The SMILES string of the molecule is Cc1ccc(C(C)NCCC2CCC2)cc1C. The maximum absolute atomic E-state index is 3.64. The Morgan fingerprint density at radius 3 is 2.59 bits per heavy atom. The molecule has 0 aliphatic heterocycles. The van der Waals surface area contributed by atoms with Gasteiger partial charge in [0.1, 0.15) is 0 Å². The van der Waals surface area contributed by atoms with Gasteiger partial charge in [-0.25, -0.2) is 0 Å². The zero-order valence-electron chi connectivity index (χ0n) is 11.4. The molecule has 0 amide bonds. The first-order valence-corrected chi connectivity index (χ1v) is 6.97. The van der Waals surface area contributed by atoms with Gasteiger partial charge in [-0.05, 0) is 56.3 Å². The predicted octanol–water partition coefficient (Wildman–Crippen LogP) is 4.14. The van der Waals surface area contributed by atoms with Crippen LogP contribution < -0.4 is 5.32 Å². The lowest BCUT2D eigenvalue weighted by atomic mass is 9.83. The Morgan fingerprint density at radius 1 is 1.24 bits per heavy atom. The van der Waals surface area contributed by atoms with Gasteiger partial charge in [-0.1, -0.05) is 37.5 Å². The van der Waals surface area contributed by atoms with E-state index in [0.29, 0.717) is 6.04 Å². The van der Waals surface area contributed by atoms with Gasteiger partial charge < -0.3 is 5.32 Å². The van der Waals surface area contributed by atoms with Gasteiger partial charge in [0, 0.05) is 6.04 Å². The monoisotopic (exact) mass is 231 g/mol. The third kappa shape index (κ3) is 3.32. The zero-order valence-corrected chi connectivity index (χ0v) is 11.4. The van der Waals surface area contributed by atoms with E-state index in [1.165, 1.54) is 48.9 Å². The second-order valence-electron chi connectivity index (χ2n) is 5.61. The van der Waals surface area contributed by atoms with Crippen molar-refractivity contribution in [1.82, 2.24) is 5.32 Å². The van der Waals surface area contributed by atoms with Crippen LogP contribution in [0.15, 0.2) is 18.2 Å². The summed E-state index contributed by atoms with van der Waals surface area (Å²) in [6.07, 6.45) is 5.73. The van der Waals surface area contributed by atoms with E-state index in [-0.39, 0.29) is 0 Å². The smallest absolute Gasteiger partial charge is 0.0291 e. The highest BCUT2D eigenvalue weighted by Gasteiger charge is 2.16. The van der Waals surface area contributed by atoms with Crippen LogP contribution in [0.4, 0.5) is 0 Å². The van der Waals surface area contributed by atoms with E-state index >= 15 is 0 Å². The van der Waals surface area contributed by atoms with Crippen LogP contribution in [-0.2, 0) is 0 Å². The van der Waals surface area contributed by atoms with Crippen molar-refractivity contribution in [1.29, 1.82) is 0 Å². The maximum atomic E-state index is 3.64. The minimum Gasteiger partial charge on any atom is -0.310 e. The Balaban J connectivity index is 1.81. The molecule has 17 heavy (non-hydrogen) atoms. The number of benzene rings is 1. The average molecular weight is 231 g/mol. The largest absolute Gasteiger partial charge is 0.310 e. The molecule has 0 radical (unpaired) electrons. The fourth-order valence-corrected chi connectivity index (χ4v) is 2.44. The maximum Gasteiger partial charge on any atom is 0.0291 e. The minimum absolute atomic E-state index is 0.481. The summed E-state index contributed by atoms with van der Waals surface area (Å²) in [7, 11) is 0. The molecule has 1 nitrogen and oxygen atoms in total. The molecule has 1 unspecified atom stereocenters. The van der Waals surface area contributed by atoms with Crippen LogP contribution in [-0.4, -0.2) is 6.54 Å². The van der Waals surface area contributed by atoms with Gasteiger partial charge in [0.25, 0.3) is 0 Å². The van der Waals surface area contributed by atoms with Gasteiger partial charge >= 0.3 is 0 Å². The van der Waals surface area contributed by atoms with Crippen molar-refractivity contribution >= 4 is 0 Å². The molecule has 1 atom stereocenters. The molecule has 0 saturated heterocycles. The quantitative estimate of drug-likeness (QED) is 0.803. The molecule has 1 N–H and O–H groups in total. The van der Waals surface area contributed by atoms with E-state index in [9.17, 15) is 0 Å². The molecular formula is C16H25N. The Bertz CT molecular complexity index is 366. The molecule has 0 aromatic heterocycles. The summed E-state index contributed by atoms with van der Waals surface area (Å²) in [6, 6.07) is 7.28. The third-order valence-electron chi connectivity index (χ3n) is 4.26. The minimum atomic E-state index is 0.481. The van der Waals surface area contributed by atoms with Crippen LogP contribution >= 0.6 is 0 Å². The van der Waals surface area contributed by atoms with E-state index in [2.05, 4.69) is 44.3 Å². The molecule has 1 aromatic rings. The summed E-state index contributed by atoms with van der Waals surface area (Å²) in [5.74, 6) is 1.01. The molecule has 2 rings (SSSR count). The Hall–Kier alpha value is -0.820. The molecule has 1 heteroatoms. The highest BCUT2D eigenvalue weighted by Crippen LogP contribution is 2.29. The van der Waals surface area contributed by atoms with Crippen LogP contribution in [0.3, 0.4) is 0 Å². The van der Waals surface area contributed by atoms with Crippen LogP contribution in [0.25, 0.3) is 0 Å². The second kappa shape index (κ2) is 5.68. The van der Waals surface area contributed by atoms with Gasteiger partial charge in [0.05, 0.1) is 0 Å². The summed E-state index contributed by atoms with van der Waals surface area (Å²) in [4.78, 5) is 0. The van der Waals surface area contributed by atoms with Gasteiger partial charge in [-0.2, -0.15) is 0 Å². The molecule has 0 bridgehead atoms. The van der Waals surface area contributed by atoms with Crippen molar-refractivity contribution in [3.05, 3.63) is 34.9 Å². The normalized spacial score (nSPS) is 17.8. The van der Waals surface area contributed by atoms with Gasteiger partial charge in [0.2, 0.25) is 0 Å². The number of hydrogen-bond acceptors (Lipinski definition) is 1. The van der Waals surface area contributed by atoms with Crippen LogP contribution in [0, 0.1) is 19.8 Å². The van der Waals surface area contributed by atoms with Crippen LogP contribution in [0.2, 0.25) is 0 Å². The van der Waals surface area contributed by atoms with E-state index in [4.69, 9.17) is 0 Å². The lowest BCUT2D eigenvalue weighted by Gasteiger charge is -2.26. The van der Waals surface area contributed by atoms with Gasteiger partial charge in [0.15, 0.2) is 0 Å². The average Bonchev–Trinajstić information content (AvgIpc) is 2.25. The number of aryl methyl sites for hydroxylation is 2. The fourth-order valence-electron chi connectivity index (χ4n) is 2.44. The summed E-state index contributed by atoms with van der Waals surface area (Å²) < 4.78 is 0. The highest BCUT2D eigenvalue weighted by atomic mass is 14.9. The first kappa shape index (κ1) is 12.6. The van der Waals surface area contributed by atoms with E-state index in [1.807, 2.05) is 0 Å². The summed E-state index contributed by atoms with van der Waals surface area (Å²) in [6.45, 7) is 7.80. The van der Waals surface area contributed by atoms with E-state index in [1.54, 1.807) is 0 Å². The number of hydrogen-bond donors (Lipinski definition) is 1. The second-order valence-corrected chi connectivity index (χ2v) is 5.61. The molecular weight excluding hydrogens is 206 g/mol. The molecule has 1 aromatic carbocycles. The Morgan fingerprint density at radius 2 is 2.00 bits per heavy atom. The first-order chi connectivity index (χ1) is 8.16.